The average Bonchev–Trinajstić information content (AvgIpc) is 2.49. The van der Waals surface area contributed by atoms with E-state index < -0.39 is 12.0 Å². The minimum atomic E-state index is -1.02. The van der Waals surface area contributed by atoms with Gasteiger partial charge in [-0.2, -0.15) is 0 Å². The number of carbonyl (C=O) groups excluding carboxylic acids is 1. The van der Waals surface area contributed by atoms with Crippen LogP contribution in [0.1, 0.15) is 37.7 Å². The summed E-state index contributed by atoms with van der Waals surface area (Å²) in [5.74, 6) is -0.364. The maximum Gasteiger partial charge on any atom is 0.320 e. The van der Waals surface area contributed by atoms with Gasteiger partial charge in [-0.1, -0.05) is 25.0 Å². The first kappa shape index (κ1) is 18.5. The standard InChI is InChI=1S/C16H23ClN2O3/c17-10-4-2-1-3-5-15(20)19-13-8-6-12(7-9-13)11-14(18)16(21)22/h6-9,14H,1-5,10-11,18H2,(H,19,20)(H,21,22). The zero-order chi connectivity index (χ0) is 16.4. The van der Waals surface area contributed by atoms with Crippen LogP contribution < -0.4 is 11.1 Å². The second-order valence-electron chi connectivity index (χ2n) is 5.25. The SMILES string of the molecule is NC(Cc1ccc(NC(=O)CCCCCCCl)cc1)C(=O)O. The van der Waals surface area contributed by atoms with E-state index in [-0.39, 0.29) is 12.3 Å². The van der Waals surface area contributed by atoms with Crippen molar-refractivity contribution >= 4 is 29.2 Å². The Kier molecular flexibility index (Phi) is 8.55. The van der Waals surface area contributed by atoms with E-state index in [1.54, 1.807) is 24.3 Å². The van der Waals surface area contributed by atoms with Gasteiger partial charge in [-0.3, -0.25) is 9.59 Å². The summed E-state index contributed by atoms with van der Waals surface area (Å²) in [6.07, 6.45) is 4.66. The fourth-order valence-electron chi connectivity index (χ4n) is 2.02. The van der Waals surface area contributed by atoms with Crippen LogP contribution in [0.4, 0.5) is 5.69 Å². The third-order valence-corrected chi connectivity index (χ3v) is 3.57. The Morgan fingerprint density at radius 1 is 1.14 bits per heavy atom. The van der Waals surface area contributed by atoms with E-state index in [1.165, 1.54) is 0 Å². The lowest BCUT2D eigenvalue weighted by Crippen LogP contribution is -2.32. The van der Waals surface area contributed by atoms with Gasteiger partial charge in [-0.05, 0) is 37.0 Å². The summed E-state index contributed by atoms with van der Waals surface area (Å²) in [5, 5.41) is 11.6. The first-order chi connectivity index (χ1) is 10.5. The number of carbonyl (C=O) groups is 2. The quantitative estimate of drug-likeness (QED) is 0.455. The monoisotopic (exact) mass is 326 g/mol. The van der Waals surface area contributed by atoms with E-state index in [0.717, 1.165) is 31.2 Å². The molecule has 1 aromatic carbocycles. The van der Waals surface area contributed by atoms with E-state index in [1.807, 2.05) is 0 Å². The van der Waals surface area contributed by atoms with Crippen LogP contribution in [-0.4, -0.2) is 28.9 Å². The van der Waals surface area contributed by atoms with Gasteiger partial charge < -0.3 is 16.2 Å². The van der Waals surface area contributed by atoms with Crippen LogP contribution in [0.5, 0.6) is 0 Å². The molecule has 0 fully saturated rings. The fraction of sp³-hybridized carbons (Fsp3) is 0.500. The van der Waals surface area contributed by atoms with E-state index in [9.17, 15) is 9.59 Å². The van der Waals surface area contributed by atoms with Crippen molar-refractivity contribution < 1.29 is 14.7 Å². The van der Waals surface area contributed by atoms with Gasteiger partial charge in [-0.15, -0.1) is 11.6 Å². The highest BCUT2D eigenvalue weighted by molar-refractivity contribution is 6.17. The molecule has 0 heterocycles. The van der Waals surface area contributed by atoms with Crippen LogP contribution in [0.2, 0.25) is 0 Å². The predicted molar refractivity (Wildman–Crippen MR) is 88.2 cm³/mol. The maximum absolute atomic E-state index is 11.8. The van der Waals surface area contributed by atoms with Crippen LogP contribution in [0, 0.1) is 0 Å². The molecule has 0 radical (unpaired) electrons. The molecule has 1 aromatic rings. The first-order valence-corrected chi connectivity index (χ1v) is 7.99. The van der Waals surface area contributed by atoms with E-state index in [4.69, 9.17) is 22.4 Å². The number of rotatable bonds is 10. The van der Waals surface area contributed by atoms with Gasteiger partial charge in [0.05, 0.1) is 0 Å². The molecular formula is C16H23ClN2O3. The number of benzene rings is 1. The number of alkyl halides is 1. The molecule has 4 N–H and O–H groups in total. The van der Waals surface area contributed by atoms with Crippen molar-refractivity contribution in [2.45, 2.75) is 44.6 Å². The number of aliphatic carboxylic acids is 1. The Hall–Kier alpha value is -1.59. The number of carboxylic acids is 1. The van der Waals surface area contributed by atoms with Crippen LogP contribution in [-0.2, 0) is 16.0 Å². The molecule has 0 spiro atoms. The van der Waals surface area contributed by atoms with E-state index >= 15 is 0 Å². The fourth-order valence-corrected chi connectivity index (χ4v) is 2.21. The Balaban J connectivity index is 2.34. The number of halogens is 1. The Labute approximate surface area is 135 Å². The summed E-state index contributed by atoms with van der Waals surface area (Å²) in [6.45, 7) is 0. The molecule has 0 aliphatic rings. The molecule has 22 heavy (non-hydrogen) atoms. The summed E-state index contributed by atoms with van der Waals surface area (Å²) in [7, 11) is 0. The molecule has 1 rings (SSSR count). The lowest BCUT2D eigenvalue weighted by molar-refractivity contribution is -0.138. The van der Waals surface area contributed by atoms with Gasteiger partial charge in [0, 0.05) is 18.0 Å². The molecular weight excluding hydrogens is 304 g/mol. The topological polar surface area (TPSA) is 92.4 Å². The number of hydrogen-bond donors (Lipinski definition) is 3. The third-order valence-electron chi connectivity index (χ3n) is 3.30. The highest BCUT2D eigenvalue weighted by Crippen LogP contribution is 2.12. The summed E-state index contributed by atoms with van der Waals surface area (Å²) in [6, 6.07) is 6.16. The zero-order valence-corrected chi connectivity index (χ0v) is 13.3. The van der Waals surface area contributed by atoms with Crippen molar-refractivity contribution in [3.63, 3.8) is 0 Å². The number of nitrogens with two attached hydrogens (primary N) is 1. The number of nitrogens with one attached hydrogen (secondary N) is 1. The third kappa shape index (κ3) is 7.43. The molecule has 1 atom stereocenters. The van der Waals surface area contributed by atoms with Crippen molar-refractivity contribution in [1.29, 1.82) is 0 Å². The largest absolute Gasteiger partial charge is 0.480 e. The van der Waals surface area contributed by atoms with Gasteiger partial charge in [-0.25, -0.2) is 0 Å². The lowest BCUT2D eigenvalue weighted by Gasteiger charge is -2.08. The van der Waals surface area contributed by atoms with Gasteiger partial charge in [0.25, 0.3) is 0 Å². The van der Waals surface area contributed by atoms with Crippen LogP contribution in [0.25, 0.3) is 0 Å². The highest BCUT2D eigenvalue weighted by atomic mass is 35.5. The van der Waals surface area contributed by atoms with E-state index in [0.29, 0.717) is 18.0 Å². The summed E-state index contributed by atoms with van der Waals surface area (Å²) in [4.78, 5) is 22.5. The van der Waals surface area contributed by atoms with E-state index in [2.05, 4.69) is 5.32 Å². The second-order valence-corrected chi connectivity index (χ2v) is 5.63. The molecule has 122 valence electrons. The molecule has 5 nitrogen and oxygen atoms in total. The zero-order valence-electron chi connectivity index (χ0n) is 12.6. The molecule has 0 saturated heterocycles. The Bertz CT molecular complexity index is 477. The summed E-state index contributed by atoms with van der Waals surface area (Å²) < 4.78 is 0. The van der Waals surface area contributed by atoms with Crippen molar-refractivity contribution in [3.8, 4) is 0 Å². The molecule has 1 unspecified atom stereocenters. The first-order valence-electron chi connectivity index (χ1n) is 7.46. The summed E-state index contributed by atoms with van der Waals surface area (Å²) in [5.41, 5.74) is 7.01. The summed E-state index contributed by atoms with van der Waals surface area (Å²) >= 11 is 5.59. The van der Waals surface area contributed by atoms with Crippen molar-refractivity contribution in [3.05, 3.63) is 29.8 Å². The normalized spacial score (nSPS) is 11.9. The van der Waals surface area contributed by atoms with Gasteiger partial charge in [0.2, 0.25) is 5.91 Å². The van der Waals surface area contributed by atoms with Gasteiger partial charge in [0.15, 0.2) is 0 Å². The minimum absolute atomic E-state index is 0.0131. The minimum Gasteiger partial charge on any atom is -0.480 e. The van der Waals surface area contributed by atoms with Crippen molar-refractivity contribution in [1.82, 2.24) is 0 Å². The molecule has 1 amide bonds. The van der Waals surface area contributed by atoms with Crippen LogP contribution >= 0.6 is 11.6 Å². The second kappa shape index (κ2) is 10.2. The Morgan fingerprint density at radius 3 is 2.36 bits per heavy atom. The van der Waals surface area contributed by atoms with Crippen LogP contribution in [0.3, 0.4) is 0 Å². The number of hydrogen-bond acceptors (Lipinski definition) is 3. The molecule has 0 aromatic heterocycles. The molecule has 0 aliphatic heterocycles. The smallest absolute Gasteiger partial charge is 0.320 e. The highest BCUT2D eigenvalue weighted by Gasteiger charge is 2.11. The van der Waals surface area contributed by atoms with Crippen molar-refractivity contribution in [2.24, 2.45) is 5.73 Å². The lowest BCUT2D eigenvalue weighted by atomic mass is 10.1. The molecule has 0 bridgehead atoms. The molecule has 0 saturated carbocycles. The molecule has 0 aliphatic carbocycles. The average molecular weight is 327 g/mol. The number of amides is 1. The van der Waals surface area contributed by atoms with Crippen molar-refractivity contribution in [2.75, 3.05) is 11.2 Å². The van der Waals surface area contributed by atoms with Crippen LogP contribution in [0.15, 0.2) is 24.3 Å². The van der Waals surface area contributed by atoms with Gasteiger partial charge in [0.1, 0.15) is 6.04 Å². The maximum atomic E-state index is 11.8. The van der Waals surface area contributed by atoms with Gasteiger partial charge >= 0.3 is 5.97 Å². The molecule has 6 heteroatoms. The number of carboxylic acid groups (broad SMARTS) is 1. The number of anilines is 1. The predicted octanol–water partition coefficient (Wildman–Crippen LogP) is 2.77. The number of unbranched alkanes of at least 4 members (excludes halogenated alkanes) is 3. The Morgan fingerprint density at radius 2 is 1.77 bits per heavy atom.